The lowest BCUT2D eigenvalue weighted by Gasteiger charge is -2.22. The van der Waals surface area contributed by atoms with Crippen molar-refractivity contribution >= 4 is 38.9 Å². The largest absolute Gasteiger partial charge is 0.493 e. The summed E-state index contributed by atoms with van der Waals surface area (Å²) >= 11 is 6.07. The van der Waals surface area contributed by atoms with E-state index in [1.807, 2.05) is 0 Å². The average molecular weight is 479 g/mol. The van der Waals surface area contributed by atoms with Crippen molar-refractivity contribution in [2.45, 2.75) is 0 Å². The highest BCUT2D eigenvalue weighted by Crippen LogP contribution is 2.36. The number of hydrogen-bond acceptors (Lipinski definition) is 5. The molecule has 0 unspecified atom stereocenters. The molecule has 0 aliphatic heterocycles. The lowest BCUT2D eigenvalue weighted by Crippen LogP contribution is -2.38. The van der Waals surface area contributed by atoms with Crippen LogP contribution in [-0.2, 0) is 14.8 Å². The first-order valence-corrected chi connectivity index (χ1v) is 11.5. The maximum absolute atomic E-state index is 14.2. The highest BCUT2D eigenvalue weighted by atomic mass is 35.5. The van der Waals surface area contributed by atoms with E-state index in [1.165, 1.54) is 31.4 Å². The third kappa shape index (κ3) is 5.68. The lowest BCUT2D eigenvalue weighted by atomic mass is 10.2. The van der Waals surface area contributed by atoms with Crippen LogP contribution in [0.15, 0.2) is 66.7 Å². The van der Waals surface area contributed by atoms with E-state index in [0.717, 1.165) is 12.3 Å². The molecule has 3 aromatic carbocycles. The van der Waals surface area contributed by atoms with Gasteiger partial charge in [0, 0.05) is 5.02 Å². The number of methoxy groups -OCH3 is 1. The first-order valence-electron chi connectivity index (χ1n) is 9.31. The number of para-hydroxylation sites is 3. The van der Waals surface area contributed by atoms with E-state index in [-0.39, 0.29) is 17.1 Å². The van der Waals surface area contributed by atoms with Crippen molar-refractivity contribution in [2.24, 2.45) is 0 Å². The normalized spacial score (nSPS) is 11.0. The van der Waals surface area contributed by atoms with Gasteiger partial charge in [0.2, 0.25) is 15.9 Å². The standard InChI is InChI=1S/C22H20ClFN2O5S/c1-30-20-9-5-6-10-21(20)31-19-12-11-15(23)13-17(19)25-22(27)14-26(32(2,28)29)18-8-4-3-7-16(18)24/h3-13H,14H2,1-2H3,(H,25,27). The van der Waals surface area contributed by atoms with Crippen molar-refractivity contribution in [3.8, 4) is 17.2 Å². The zero-order valence-electron chi connectivity index (χ0n) is 17.2. The summed E-state index contributed by atoms with van der Waals surface area (Å²) in [5, 5.41) is 2.90. The SMILES string of the molecule is COc1ccccc1Oc1ccc(Cl)cc1NC(=O)CN(c1ccccc1F)S(C)(=O)=O. The number of amides is 1. The van der Waals surface area contributed by atoms with Gasteiger partial charge in [-0.05, 0) is 42.5 Å². The molecule has 0 saturated carbocycles. The Morgan fingerprint density at radius 1 is 1.03 bits per heavy atom. The molecule has 1 N–H and O–H groups in total. The summed E-state index contributed by atoms with van der Waals surface area (Å²) in [5.41, 5.74) is -0.0304. The van der Waals surface area contributed by atoms with Crippen LogP contribution in [0.1, 0.15) is 0 Å². The van der Waals surface area contributed by atoms with E-state index in [0.29, 0.717) is 20.8 Å². The molecule has 10 heteroatoms. The molecule has 0 atom stereocenters. The topological polar surface area (TPSA) is 84.9 Å². The second-order valence-electron chi connectivity index (χ2n) is 6.66. The molecular weight excluding hydrogens is 459 g/mol. The van der Waals surface area contributed by atoms with Gasteiger partial charge in [0.15, 0.2) is 17.2 Å². The number of sulfonamides is 1. The van der Waals surface area contributed by atoms with E-state index in [9.17, 15) is 17.6 Å². The quantitative estimate of drug-likeness (QED) is 0.508. The van der Waals surface area contributed by atoms with E-state index < -0.39 is 28.3 Å². The van der Waals surface area contributed by atoms with Gasteiger partial charge >= 0.3 is 0 Å². The van der Waals surface area contributed by atoms with Gasteiger partial charge in [0.25, 0.3) is 0 Å². The van der Waals surface area contributed by atoms with Crippen LogP contribution in [0.25, 0.3) is 0 Å². The Labute approximate surface area is 190 Å². The highest BCUT2D eigenvalue weighted by molar-refractivity contribution is 7.92. The molecule has 7 nitrogen and oxygen atoms in total. The van der Waals surface area contributed by atoms with Crippen LogP contribution in [0.3, 0.4) is 0 Å². The number of nitrogens with one attached hydrogen (secondary N) is 1. The summed E-state index contributed by atoms with van der Waals surface area (Å²) in [6.07, 6.45) is 0.891. The maximum Gasteiger partial charge on any atom is 0.245 e. The van der Waals surface area contributed by atoms with Crippen molar-refractivity contribution in [3.05, 3.63) is 77.6 Å². The van der Waals surface area contributed by atoms with Gasteiger partial charge in [-0.1, -0.05) is 35.9 Å². The van der Waals surface area contributed by atoms with Gasteiger partial charge < -0.3 is 14.8 Å². The molecule has 0 aliphatic carbocycles. The van der Waals surface area contributed by atoms with Gasteiger partial charge in [0.1, 0.15) is 12.4 Å². The third-order valence-corrected chi connectivity index (χ3v) is 5.67. The Bertz CT molecular complexity index is 1240. The van der Waals surface area contributed by atoms with Gasteiger partial charge in [0.05, 0.1) is 24.7 Å². The smallest absolute Gasteiger partial charge is 0.245 e. The molecule has 0 aromatic heterocycles. The number of hydrogen-bond donors (Lipinski definition) is 1. The zero-order valence-corrected chi connectivity index (χ0v) is 18.8. The minimum absolute atomic E-state index is 0.204. The van der Waals surface area contributed by atoms with Crippen molar-refractivity contribution < 1.29 is 27.1 Å². The number of carbonyl (C=O) groups is 1. The first-order chi connectivity index (χ1) is 15.2. The number of benzene rings is 3. The third-order valence-electron chi connectivity index (χ3n) is 4.31. The molecule has 3 aromatic rings. The molecule has 168 valence electrons. The minimum Gasteiger partial charge on any atom is -0.493 e. The number of ether oxygens (including phenoxy) is 2. The second kappa shape index (κ2) is 9.88. The number of anilines is 2. The van der Waals surface area contributed by atoms with E-state index >= 15 is 0 Å². The van der Waals surface area contributed by atoms with Crippen LogP contribution in [0, 0.1) is 5.82 Å². The summed E-state index contributed by atoms with van der Waals surface area (Å²) in [4.78, 5) is 12.7. The van der Waals surface area contributed by atoms with Gasteiger partial charge in [-0.15, -0.1) is 0 Å². The predicted octanol–water partition coefficient (Wildman–Crippen LogP) is 4.68. The Kier molecular flexibility index (Phi) is 7.22. The lowest BCUT2D eigenvalue weighted by molar-refractivity contribution is -0.114. The van der Waals surface area contributed by atoms with Gasteiger partial charge in [-0.2, -0.15) is 0 Å². The van der Waals surface area contributed by atoms with Gasteiger partial charge in [-0.25, -0.2) is 12.8 Å². The van der Waals surface area contributed by atoms with Crippen LogP contribution in [0.2, 0.25) is 5.02 Å². The summed E-state index contributed by atoms with van der Waals surface area (Å²) in [5.74, 6) is -0.358. The summed E-state index contributed by atoms with van der Waals surface area (Å²) < 4.78 is 50.5. The Hall–Kier alpha value is -3.30. The van der Waals surface area contributed by atoms with Crippen molar-refractivity contribution in [3.63, 3.8) is 0 Å². The van der Waals surface area contributed by atoms with E-state index in [2.05, 4.69) is 5.32 Å². The van der Waals surface area contributed by atoms with Crippen molar-refractivity contribution in [1.29, 1.82) is 0 Å². The maximum atomic E-state index is 14.2. The highest BCUT2D eigenvalue weighted by Gasteiger charge is 2.24. The molecule has 1 amide bonds. The van der Waals surface area contributed by atoms with Crippen LogP contribution < -0.4 is 19.1 Å². The molecule has 0 radical (unpaired) electrons. The molecule has 0 bridgehead atoms. The fourth-order valence-corrected chi connectivity index (χ4v) is 3.89. The summed E-state index contributed by atoms with van der Waals surface area (Å²) in [6.45, 7) is -0.652. The monoisotopic (exact) mass is 478 g/mol. The molecule has 0 saturated heterocycles. The van der Waals surface area contributed by atoms with Crippen LogP contribution in [0.5, 0.6) is 17.2 Å². The van der Waals surface area contributed by atoms with Gasteiger partial charge in [-0.3, -0.25) is 9.10 Å². The molecule has 32 heavy (non-hydrogen) atoms. The first kappa shape index (κ1) is 23.4. The Morgan fingerprint density at radius 2 is 1.69 bits per heavy atom. The van der Waals surface area contributed by atoms with Crippen LogP contribution in [-0.4, -0.2) is 34.2 Å². The zero-order chi connectivity index (χ0) is 23.3. The van der Waals surface area contributed by atoms with E-state index in [1.54, 1.807) is 36.4 Å². The molecule has 0 heterocycles. The van der Waals surface area contributed by atoms with Crippen molar-refractivity contribution in [2.75, 3.05) is 29.5 Å². The minimum atomic E-state index is -3.94. The second-order valence-corrected chi connectivity index (χ2v) is 9.01. The fourth-order valence-electron chi connectivity index (χ4n) is 2.87. The predicted molar refractivity (Wildman–Crippen MR) is 122 cm³/mol. The van der Waals surface area contributed by atoms with E-state index in [4.69, 9.17) is 21.1 Å². The molecular formula is C22H20ClFN2O5S. The number of nitrogens with zero attached hydrogens (tertiary/aromatic N) is 1. The summed E-state index contributed by atoms with van der Waals surface area (Å²) in [6, 6.07) is 16.8. The Balaban J connectivity index is 1.87. The summed E-state index contributed by atoms with van der Waals surface area (Å²) in [7, 11) is -2.45. The molecule has 3 rings (SSSR count). The van der Waals surface area contributed by atoms with Crippen LogP contribution in [0.4, 0.5) is 15.8 Å². The molecule has 0 fully saturated rings. The number of rotatable bonds is 8. The fraction of sp³-hybridized carbons (Fsp3) is 0.136. The Morgan fingerprint density at radius 3 is 2.34 bits per heavy atom. The number of carbonyl (C=O) groups excluding carboxylic acids is 1. The van der Waals surface area contributed by atoms with Crippen LogP contribution >= 0.6 is 11.6 Å². The number of halogens is 2. The van der Waals surface area contributed by atoms with Crippen molar-refractivity contribution in [1.82, 2.24) is 0 Å². The average Bonchev–Trinajstić information content (AvgIpc) is 2.74. The molecule has 0 aliphatic rings. The molecule has 0 spiro atoms.